The molecule has 1 aromatic heterocycles. The molecule has 0 bridgehead atoms. The van der Waals surface area contributed by atoms with Crippen LogP contribution < -0.4 is 5.32 Å². The van der Waals surface area contributed by atoms with E-state index in [-0.39, 0.29) is 24.5 Å². The summed E-state index contributed by atoms with van der Waals surface area (Å²) in [6.45, 7) is 1.91. The predicted molar refractivity (Wildman–Crippen MR) is 119 cm³/mol. The molecule has 1 amide bonds. The second-order valence-corrected chi connectivity index (χ2v) is 9.66. The summed E-state index contributed by atoms with van der Waals surface area (Å²) in [4.78, 5) is 16.9. The Bertz CT molecular complexity index is 1090. The Balaban J connectivity index is 1.80. The fourth-order valence-corrected chi connectivity index (χ4v) is 4.44. The Morgan fingerprint density at radius 1 is 1.03 bits per heavy atom. The summed E-state index contributed by atoms with van der Waals surface area (Å²) < 4.78 is 28.6. The molecule has 1 heterocycles. The maximum absolute atomic E-state index is 13.2. The molecule has 156 valence electrons. The summed E-state index contributed by atoms with van der Waals surface area (Å²) in [5, 5.41) is 2.74. The SMILES string of the molecule is Cc1ccc(S(=O)(=O)N(CC(=O)NCc2ccccn2)Cc2ccc(Br)cc2)cc1. The lowest BCUT2D eigenvalue weighted by molar-refractivity contribution is -0.121. The van der Waals surface area contributed by atoms with Crippen molar-refractivity contribution >= 4 is 31.9 Å². The number of nitrogens with zero attached hydrogens (tertiary/aromatic N) is 2. The van der Waals surface area contributed by atoms with Crippen molar-refractivity contribution in [3.8, 4) is 0 Å². The summed E-state index contributed by atoms with van der Waals surface area (Å²) in [6, 6.07) is 19.4. The molecule has 30 heavy (non-hydrogen) atoms. The molecule has 8 heteroatoms. The summed E-state index contributed by atoms with van der Waals surface area (Å²) in [5.41, 5.74) is 2.44. The Hall–Kier alpha value is -2.55. The topological polar surface area (TPSA) is 79.4 Å². The highest BCUT2D eigenvalue weighted by Gasteiger charge is 2.27. The molecule has 3 rings (SSSR count). The first-order chi connectivity index (χ1) is 14.3. The summed E-state index contributed by atoms with van der Waals surface area (Å²) >= 11 is 3.38. The maximum Gasteiger partial charge on any atom is 0.243 e. The summed E-state index contributed by atoms with van der Waals surface area (Å²) in [7, 11) is -3.86. The van der Waals surface area contributed by atoms with Crippen LogP contribution in [0.1, 0.15) is 16.8 Å². The van der Waals surface area contributed by atoms with Gasteiger partial charge in [0.1, 0.15) is 0 Å². The van der Waals surface area contributed by atoms with E-state index in [1.807, 2.05) is 37.3 Å². The molecule has 0 spiro atoms. The van der Waals surface area contributed by atoms with E-state index in [4.69, 9.17) is 0 Å². The summed E-state index contributed by atoms with van der Waals surface area (Å²) in [5.74, 6) is -0.395. The molecule has 0 fully saturated rings. The normalized spacial score (nSPS) is 11.4. The van der Waals surface area contributed by atoms with Crippen molar-refractivity contribution in [2.24, 2.45) is 0 Å². The fraction of sp³-hybridized carbons (Fsp3) is 0.182. The number of carbonyl (C=O) groups is 1. The number of carbonyl (C=O) groups excluding carboxylic acids is 1. The van der Waals surface area contributed by atoms with Crippen molar-refractivity contribution < 1.29 is 13.2 Å². The van der Waals surface area contributed by atoms with E-state index in [0.717, 1.165) is 15.6 Å². The molecule has 0 unspecified atom stereocenters. The van der Waals surface area contributed by atoms with Gasteiger partial charge in [0.25, 0.3) is 0 Å². The van der Waals surface area contributed by atoms with Crippen LogP contribution in [0.4, 0.5) is 0 Å². The van der Waals surface area contributed by atoms with Gasteiger partial charge in [-0.3, -0.25) is 9.78 Å². The van der Waals surface area contributed by atoms with Gasteiger partial charge in [0, 0.05) is 17.2 Å². The van der Waals surface area contributed by atoms with Crippen LogP contribution in [0.2, 0.25) is 0 Å². The molecule has 0 atom stereocenters. The zero-order chi connectivity index (χ0) is 21.6. The quantitative estimate of drug-likeness (QED) is 0.525. The third kappa shape index (κ3) is 5.98. The van der Waals surface area contributed by atoms with Crippen LogP contribution in [-0.2, 0) is 27.9 Å². The van der Waals surface area contributed by atoms with Gasteiger partial charge in [-0.2, -0.15) is 4.31 Å². The van der Waals surface area contributed by atoms with Gasteiger partial charge in [0.15, 0.2) is 0 Å². The zero-order valence-corrected chi connectivity index (χ0v) is 18.9. The van der Waals surface area contributed by atoms with Crippen molar-refractivity contribution in [1.29, 1.82) is 0 Å². The van der Waals surface area contributed by atoms with Crippen LogP contribution in [0.25, 0.3) is 0 Å². The number of nitrogens with one attached hydrogen (secondary N) is 1. The highest BCUT2D eigenvalue weighted by atomic mass is 79.9. The number of hydrogen-bond acceptors (Lipinski definition) is 4. The number of aryl methyl sites for hydroxylation is 1. The lowest BCUT2D eigenvalue weighted by atomic mass is 10.2. The van der Waals surface area contributed by atoms with Gasteiger partial charge in [0.2, 0.25) is 15.9 Å². The molecule has 0 radical (unpaired) electrons. The molecular weight excluding hydrogens is 466 g/mol. The number of rotatable bonds is 8. The van der Waals surface area contributed by atoms with Gasteiger partial charge in [-0.15, -0.1) is 0 Å². The molecule has 0 saturated carbocycles. The van der Waals surface area contributed by atoms with Gasteiger partial charge in [-0.25, -0.2) is 8.42 Å². The average Bonchev–Trinajstić information content (AvgIpc) is 2.74. The highest BCUT2D eigenvalue weighted by molar-refractivity contribution is 9.10. The van der Waals surface area contributed by atoms with E-state index in [1.165, 1.54) is 4.31 Å². The lowest BCUT2D eigenvalue weighted by Crippen LogP contribution is -2.40. The number of hydrogen-bond donors (Lipinski definition) is 1. The number of sulfonamides is 1. The predicted octanol–water partition coefficient (Wildman–Crippen LogP) is 3.66. The fourth-order valence-electron chi connectivity index (χ4n) is 2.79. The minimum absolute atomic E-state index is 0.0838. The minimum atomic E-state index is -3.86. The Labute approximate surface area is 185 Å². The van der Waals surface area contributed by atoms with Gasteiger partial charge in [-0.05, 0) is 48.9 Å². The molecule has 0 aliphatic carbocycles. The van der Waals surface area contributed by atoms with Crippen LogP contribution in [0.15, 0.2) is 82.3 Å². The third-order valence-corrected chi connectivity index (χ3v) is 6.78. The van der Waals surface area contributed by atoms with Crippen LogP contribution in [0.3, 0.4) is 0 Å². The van der Waals surface area contributed by atoms with Gasteiger partial charge < -0.3 is 5.32 Å². The van der Waals surface area contributed by atoms with Crippen LogP contribution in [-0.4, -0.2) is 30.2 Å². The van der Waals surface area contributed by atoms with Crippen LogP contribution >= 0.6 is 15.9 Å². The van der Waals surface area contributed by atoms with E-state index in [0.29, 0.717) is 5.69 Å². The molecule has 1 N–H and O–H groups in total. The smallest absolute Gasteiger partial charge is 0.243 e. The van der Waals surface area contributed by atoms with Crippen molar-refractivity contribution in [2.45, 2.75) is 24.9 Å². The molecular formula is C22H22BrN3O3S. The van der Waals surface area contributed by atoms with E-state index in [1.54, 1.807) is 42.6 Å². The van der Waals surface area contributed by atoms with E-state index in [2.05, 4.69) is 26.2 Å². The maximum atomic E-state index is 13.2. The van der Waals surface area contributed by atoms with Crippen molar-refractivity contribution in [3.05, 3.63) is 94.2 Å². The highest BCUT2D eigenvalue weighted by Crippen LogP contribution is 2.20. The second-order valence-electron chi connectivity index (χ2n) is 6.81. The van der Waals surface area contributed by atoms with Crippen molar-refractivity contribution in [1.82, 2.24) is 14.6 Å². The Morgan fingerprint density at radius 3 is 2.37 bits per heavy atom. The Morgan fingerprint density at radius 2 is 1.73 bits per heavy atom. The second kappa shape index (κ2) is 9.97. The first-order valence-electron chi connectivity index (χ1n) is 9.32. The number of pyridine rings is 1. The van der Waals surface area contributed by atoms with E-state index in [9.17, 15) is 13.2 Å². The largest absolute Gasteiger partial charge is 0.349 e. The van der Waals surface area contributed by atoms with Gasteiger partial charge in [0.05, 0.1) is 23.7 Å². The van der Waals surface area contributed by atoms with Crippen LogP contribution in [0, 0.1) is 6.92 Å². The van der Waals surface area contributed by atoms with Crippen molar-refractivity contribution in [2.75, 3.05) is 6.54 Å². The number of halogens is 1. The van der Waals surface area contributed by atoms with Crippen LogP contribution in [0.5, 0.6) is 0 Å². The molecule has 2 aromatic carbocycles. The number of amides is 1. The molecule has 0 aliphatic rings. The van der Waals surface area contributed by atoms with Crippen molar-refractivity contribution in [3.63, 3.8) is 0 Å². The van der Waals surface area contributed by atoms with Gasteiger partial charge >= 0.3 is 0 Å². The average molecular weight is 488 g/mol. The summed E-state index contributed by atoms with van der Waals surface area (Å²) in [6.07, 6.45) is 1.64. The molecule has 0 saturated heterocycles. The van der Waals surface area contributed by atoms with E-state index < -0.39 is 15.9 Å². The zero-order valence-electron chi connectivity index (χ0n) is 16.5. The number of aromatic nitrogens is 1. The molecule has 0 aliphatic heterocycles. The molecule has 6 nitrogen and oxygen atoms in total. The standard InChI is InChI=1S/C22H22BrN3O3S/c1-17-5-11-21(12-6-17)30(28,29)26(15-18-7-9-19(23)10-8-18)16-22(27)25-14-20-4-2-3-13-24-20/h2-13H,14-16H2,1H3,(H,25,27). The minimum Gasteiger partial charge on any atom is -0.349 e. The number of benzene rings is 2. The third-order valence-electron chi connectivity index (χ3n) is 4.44. The lowest BCUT2D eigenvalue weighted by Gasteiger charge is -2.22. The first kappa shape index (κ1) is 22.1. The monoisotopic (exact) mass is 487 g/mol. The van der Waals surface area contributed by atoms with Gasteiger partial charge in [-0.1, -0.05) is 51.8 Å². The van der Waals surface area contributed by atoms with E-state index >= 15 is 0 Å². The Kier molecular flexibility index (Phi) is 7.36. The first-order valence-corrected chi connectivity index (χ1v) is 11.6. The molecule has 3 aromatic rings.